The van der Waals surface area contributed by atoms with E-state index in [1.165, 1.54) is 16.7 Å². The van der Waals surface area contributed by atoms with Gasteiger partial charge in [-0.1, -0.05) is 44.0 Å². The molecular weight excluding hydrogens is 326 g/mol. The number of ether oxygens (including phenoxy) is 1. The average Bonchev–Trinajstić information content (AvgIpc) is 2.98. The monoisotopic (exact) mass is 355 g/mol. The molecule has 0 saturated carbocycles. The molecule has 0 saturated heterocycles. The number of benzene rings is 1. The summed E-state index contributed by atoms with van der Waals surface area (Å²) >= 11 is 0. The SMILES string of the molecule is CCCCCOC(=O)N1C[C@H](c2cnn(C)c2C)c2ccccc2[C@@H]1C. The summed E-state index contributed by atoms with van der Waals surface area (Å²) in [4.78, 5) is 14.6. The topological polar surface area (TPSA) is 47.4 Å². The van der Waals surface area contributed by atoms with Crippen LogP contribution in [0.4, 0.5) is 4.79 Å². The van der Waals surface area contributed by atoms with Crippen molar-refractivity contribution >= 4 is 6.09 Å². The number of aromatic nitrogens is 2. The van der Waals surface area contributed by atoms with Gasteiger partial charge in [0.05, 0.1) is 18.8 Å². The third-order valence-corrected chi connectivity index (χ3v) is 5.52. The zero-order chi connectivity index (χ0) is 18.7. The molecule has 0 radical (unpaired) electrons. The van der Waals surface area contributed by atoms with Crippen LogP contribution in [0.5, 0.6) is 0 Å². The standard InChI is InChI=1S/C21H29N3O2/c1-5-6-9-12-26-21(25)24-14-20(19-13-22-23(4)15(19)2)18-11-8-7-10-17(18)16(24)3/h7-8,10-11,13,16,20H,5-6,9,12,14H2,1-4H3/t16-,20-/m0/s1. The van der Waals surface area contributed by atoms with Crippen LogP contribution in [-0.2, 0) is 11.8 Å². The van der Waals surface area contributed by atoms with E-state index in [2.05, 4.69) is 44.1 Å². The fraction of sp³-hybridized carbons (Fsp3) is 0.524. The van der Waals surface area contributed by atoms with E-state index in [4.69, 9.17) is 4.74 Å². The highest BCUT2D eigenvalue weighted by molar-refractivity contribution is 5.69. The Kier molecular flexibility index (Phi) is 5.64. The molecule has 0 bridgehead atoms. The second kappa shape index (κ2) is 7.94. The summed E-state index contributed by atoms with van der Waals surface area (Å²) in [6.45, 7) is 7.42. The van der Waals surface area contributed by atoms with Gasteiger partial charge in [-0.05, 0) is 31.4 Å². The van der Waals surface area contributed by atoms with Crippen molar-refractivity contribution in [2.45, 2.75) is 52.0 Å². The fourth-order valence-electron chi connectivity index (χ4n) is 3.78. The summed E-state index contributed by atoms with van der Waals surface area (Å²) in [6.07, 6.45) is 4.84. The molecule has 0 N–H and O–H groups in total. The highest BCUT2D eigenvalue weighted by atomic mass is 16.6. The normalized spacial score (nSPS) is 19.3. The number of aryl methyl sites for hydroxylation is 1. The van der Waals surface area contributed by atoms with Gasteiger partial charge in [0.25, 0.3) is 0 Å². The molecule has 1 aromatic heterocycles. The van der Waals surface area contributed by atoms with Crippen molar-refractivity contribution in [1.29, 1.82) is 0 Å². The maximum Gasteiger partial charge on any atom is 0.410 e. The Morgan fingerprint density at radius 2 is 1.96 bits per heavy atom. The van der Waals surface area contributed by atoms with E-state index in [1.54, 1.807) is 0 Å². The van der Waals surface area contributed by atoms with Gasteiger partial charge in [0.2, 0.25) is 0 Å². The third kappa shape index (κ3) is 3.48. The number of carbonyl (C=O) groups excluding carboxylic acids is 1. The predicted octanol–water partition coefficient (Wildman–Crippen LogP) is 4.56. The Labute approximate surface area is 156 Å². The summed E-state index contributed by atoms with van der Waals surface area (Å²) in [5, 5.41) is 4.41. The Hall–Kier alpha value is -2.30. The van der Waals surface area contributed by atoms with Crippen LogP contribution >= 0.6 is 0 Å². The van der Waals surface area contributed by atoms with Crippen LogP contribution in [0.15, 0.2) is 30.5 Å². The maximum atomic E-state index is 12.7. The zero-order valence-electron chi connectivity index (χ0n) is 16.2. The Balaban J connectivity index is 1.88. The summed E-state index contributed by atoms with van der Waals surface area (Å²) in [7, 11) is 1.95. The first-order chi connectivity index (χ1) is 12.5. The van der Waals surface area contributed by atoms with Crippen molar-refractivity contribution in [3.63, 3.8) is 0 Å². The van der Waals surface area contributed by atoms with E-state index < -0.39 is 0 Å². The zero-order valence-corrected chi connectivity index (χ0v) is 16.2. The first kappa shape index (κ1) is 18.5. The lowest BCUT2D eigenvalue weighted by Gasteiger charge is -2.39. The van der Waals surface area contributed by atoms with Crippen LogP contribution in [0.25, 0.3) is 0 Å². The van der Waals surface area contributed by atoms with Crippen molar-refractivity contribution in [3.05, 3.63) is 52.8 Å². The summed E-state index contributed by atoms with van der Waals surface area (Å²) < 4.78 is 7.45. The molecule has 0 fully saturated rings. The maximum absolute atomic E-state index is 12.7. The van der Waals surface area contributed by atoms with Gasteiger partial charge in [-0.15, -0.1) is 0 Å². The lowest BCUT2D eigenvalue weighted by Crippen LogP contribution is -2.41. The quantitative estimate of drug-likeness (QED) is 0.739. The first-order valence-corrected chi connectivity index (χ1v) is 9.55. The van der Waals surface area contributed by atoms with Gasteiger partial charge < -0.3 is 9.64 Å². The fourth-order valence-corrected chi connectivity index (χ4v) is 3.78. The Morgan fingerprint density at radius 1 is 1.23 bits per heavy atom. The van der Waals surface area contributed by atoms with Crippen LogP contribution in [0, 0.1) is 6.92 Å². The molecule has 140 valence electrons. The number of carbonyl (C=O) groups is 1. The highest BCUT2D eigenvalue weighted by Crippen LogP contribution is 2.40. The molecule has 1 aliphatic heterocycles. The third-order valence-electron chi connectivity index (χ3n) is 5.52. The van der Waals surface area contributed by atoms with Crippen molar-refractivity contribution in [3.8, 4) is 0 Å². The van der Waals surface area contributed by atoms with Gasteiger partial charge in [-0.2, -0.15) is 5.10 Å². The number of hydrogen-bond acceptors (Lipinski definition) is 3. The number of fused-ring (bicyclic) bond motifs is 1. The van der Waals surface area contributed by atoms with Crippen molar-refractivity contribution < 1.29 is 9.53 Å². The minimum atomic E-state index is -0.213. The van der Waals surface area contributed by atoms with Crippen molar-refractivity contribution in [2.75, 3.05) is 13.2 Å². The van der Waals surface area contributed by atoms with Gasteiger partial charge >= 0.3 is 6.09 Å². The molecule has 0 unspecified atom stereocenters. The Bertz CT molecular complexity index is 768. The molecule has 1 amide bonds. The van der Waals surface area contributed by atoms with Crippen LogP contribution in [0.3, 0.4) is 0 Å². The molecule has 26 heavy (non-hydrogen) atoms. The van der Waals surface area contributed by atoms with E-state index in [0.717, 1.165) is 25.0 Å². The minimum Gasteiger partial charge on any atom is -0.449 e. The number of rotatable bonds is 5. The van der Waals surface area contributed by atoms with E-state index in [0.29, 0.717) is 13.2 Å². The minimum absolute atomic E-state index is 0.0121. The predicted molar refractivity (Wildman–Crippen MR) is 102 cm³/mol. The number of hydrogen-bond donors (Lipinski definition) is 0. The smallest absolute Gasteiger partial charge is 0.410 e. The molecule has 2 aromatic rings. The molecule has 0 aliphatic carbocycles. The lowest BCUT2D eigenvalue weighted by atomic mass is 9.82. The van der Waals surface area contributed by atoms with E-state index in [9.17, 15) is 4.79 Å². The van der Waals surface area contributed by atoms with Gasteiger partial charge in [-0.25, -0.2) is 4.79 Å². The largest absolute Gasteiger partial charge is 0.449 e. The summed E-state index contributed by atoms with van der Waals surface area (Å²) in [5.41, 5.74) is 4.79. The summed E-state index contributed by atoms with van der Waals surface area (Å²) in [6, 6.07) is 8.42. The summed E-state index contributed by atoms with van der Waals surface area (Å²) in [5.74, 6) is 0.124. The molecule has 2 heterocycles. The van der Waals surface area contributed by atoms with E-state index in [1.807, 2.05) is 28.9 Å². The van der Waals surface area contributed by atoms with Gasteiger partial charge in [0.15, 0.2) is 0 Å². The first-order valence-electron chi connectivity index (χ1n) is 9.55. The molecular formula is C21H29N3O2. The van der Waals surface area contributed by atoms with Crippen LogP contribution in [0.2, 0.25) is 0 Å². The van der Waals surface area contributed by atoms with Crippen LogP contribution < -0.4 is 0 Å². The number of amides is 1. The molecule has 2 atom stereocenters. The molecule has 3 rings (SSSR count). The van der Waals surface area contributed by atoms with Gasteiger partial charge in [0.1, 0.15) is 0 Å². The number of unbranched alkanes of at least 4 members (excludes halogenated alkanes) is 2. The second-order valence-electron chi connectivity index (χ2n) is 7.14. The molecule has 1 aliphatic rings. The van der Waals surface area contributed by atoms with Crippen LogP contribution in [0.1, 0.15) is 67.5 Å². The lowest BCUT2D eigenvalue weighted by molar-refractivity contribution is 0.0820. The van der Waals surface area contributed by atoms with Crippen molar-refractivity contribution in [1.82, 2.24) is 14.7 Å². The molecule has 5 heteroatoms. The second-order valence-corrected chi connectivity index (χ2v) is 7.14. The molecule has 0 spiro atoms. The van der Waals surface area contributed by atoms with Gasteiger partial charge in [0, 0.05) is 30.8 Å². The molecule has 1 aromatic carbocycles. The van der Waals surface area contributed by atoms with E-state index >= 15 is 0 Å². The van der Waals surface area contributed by atoms with Crippen molar-refractivity contribution in [2.24, 2.45) is 7.05 Å². The number of nitrogens with zero attached hydrogens (tertiary/aromatic N) is 3. The molecule has 5 nitrogen and oxygen atoms in total. The average molecular weight is 355 g/mol. The van der Waals surface area contributed by atoms with Gasteiger partial charge in [-0.3, -0.25) is 4.68 Å². The highest BCUT2D eigenvalue weighted by Gasteiger charge is 2.35. The Morgan fingerprint density at radius 3 is 2.62 bits per heavy atom. The van der Waals surface area contributed by atoms with Crippen LogP contribution in [-0.4, -0.2) is 33.9 Å². The van der Waals surface area contributed by atoms with E-state index in [-0.39, 0.29) is 18.1 Å².